The number of nitrogens with one attached hydrogen (secondary N) is 1. The fourth-order valence-electron chi connectivity index (χ4n) is 3.93. The SMILES string of the molecule is COC1CCN(c2ncc(Cl)c(Nc3ccc4c(c3)cc(OCC(=O)N(C)C)c(=O)n4C)n2)CC1. The normalized spacial score (nSPS) is 14.3. The summed E-state index contributed by atoms with van der Waals surface area (Å²) in [5, 5.41) is 4.42. The highest BCUT2D eigenvalue weighted by Crippen LogP contribution is 2.28. The van der Waals surface area contributed by atoms with Crippen LogP contribution >= 0.6 is 11.6 Å². The molecule has 2 aromatic heterocycles. The zero-order valence-electron chi connectivity index (χ0n) is 20.2. The molecule has 3 heterocycles. The largest absolute Gasteiger partial charge is 0.478 e. The van der Waals surface area contributed by atoms with Crippen molar-refractivity contribution in [1.29, 1.82) is 0 Å². The van der Waals surface area contributed by atoms with E-state index in [2.05, 4.69) is 20.2 Å². The van der Waals surface area contributed by atoms with Gasteiger partial charge in [-0.05, 0) is 37.1 Å². The van der Waals surface area contributed by atoms with Gasteiger partial charge in [0, 0.05) is 52.4 Å². The molecular formula is C24H29ClN6O4. The lowest BCUT2D eigenvalue weighted by Gasteiger charge is -2.31. The zero-order chi connectivity index (χ0) is 25.1. The number of fused-ring (bicyclic) bond motifs is 1. The first-order chi connectivity index (χ1) is 16.8. The first-order valence-electron chi connectivity index (χ1n) is 11.3. The standard InChI is InChI=1S/C24H29ClN6O4/c1-29(2)21(32)14-35-20-12-15-11-16(5-6-19(15)30(3)23(20)33)27-22-18(25)13-26-24(28-22)31-9-7-17(34-4)8-10-31/h5-6,11-13,17H,7-10,14H2,1-4H3,(H,26,27,28). The third-order valence-corrected chi connectivity index (χ3v) is 6.37. The number of pyridine rings is 1. The molecular weight excluding hydrogens is 472 g/mol. The van der Waals surface area contributed by atoms with E-state index in [9.17, 15) is 9.59 Å². The molecule has 10 nitrogen and oxygen atoms in total. The molecule has 4 rings (SSSR count). The van der Waals surface area contributed by atoms with Gasteiger partial charge in [0.15, 0.2) is 18.2 Å². The number of amides is 1. The summed E-state index contributed by atoms with van der Waals surface area (Å²) in [4.78, 5) is 37.1. The molecule has 0 atom stereocenters. The second-order valence-electron chi connectivity index (χ2n) is 8.64. The highest BCUT2D eigenvalue weighted by Gasteiger charge is 2.21. The monoisotopic (exact) mass is 500 g/mol. The number of likely N-dealkylation sites (N-methyl/N-ethyl adjacent to an activating group) is 1. The number of aromatic nitrogens is 3. The molecule has 1 amide bonds. The van der Waals surface area contributed by atoms with Crippen molar-refractivity contribution in [2.24, 2.45) is 7.05 Å². The number of carbonyl (C=O) groups excluding carboxylic acids is 1. The van der Waals surface area contributed by atoms with E-state index in [0.29, 0.717) is 16.8 Å². The molecule has 0 saturated carbocycles. The number of aryl methyl sites for hydroxylation is 1. The molecule has 1 aromatic carbocycles. The Labute approximate surface area is 208 Å². The number of hydrogen-bond donors (Lipinski definition) is 1. The van der Waals surface area contributed by atoms with E-state index < -0.39 is 0 Å². The van der Waals surface area contributed by atoms with Crippen LogP contribution in [0.1, 0.15) is 12.8 Å². The summed E-state index contributed by atoms with van der Waals surface area (Å²) in [7, 11) is 6.67. The lowest BCUT2D eigenvalue weighted by molar-refractivity contribution is -0.130. The molecule has 1 saturated heterocycles. The summed E-state index contributed by atoms with van der Waals surface area (Å²) >= 11 is 6.39. The summed E-state index contributed by atoms with van der Waals surface area (Å²) in [6, 6.07) is 7.19. The van der Waals surface area contributed by atoms with Crippen LogP contribution in [0.5, 0.6) is 5.75 Å². The Hall–Kier alpha value is -3.37. The van der Waals surface area contributed by atoms with E-state index in [1.54, 1.807) is 40.5 Å². The summed E-state index contributed by atoms with van der Waals surface area (Å²) < 4.78 is 12.5. The van der Waals surface area contributed by atoms with Gasteiger partial charge in [0.25, 0.3) is 11.5 Å². The lowest BCUT2D eigenvalue weighted by Crippen LogP contribution is -2.37. The Balaban J connectivity index is 1.58. The Morgan fingerprint density at radius 3 is 2.69 bits per heavy atom. The van der Waals surface area contributed by atoms with Crippen LogP contribution in [0.15, 0.2) is 35.3 Å². The smallest absolute Gasteiger partial charge is 0.293 e. The number of anilines is 3. The molecule has 1 aliphatic rings. The van der Waals surface area contributed by atoms with E-state index in [1.165, 1.54) is 9.47 Å². The topological polar surface area (TPSA) is 102 Å². The highest BCUT2D eigenvalue weighted by molar-refractivity contribution is 6.32. The molecule has 0 spiro atoms. The minimum Gasteiger partial charge on any atom is -0.478 e. The van der Waals surface area contributed by atoms with Crippen LogP contribution in [0.2, 0.25) is 5.02 Å². The summed E-state index contributed by atoms with van der Waals surface area (Å²) in [6.45, 7) is 1.40. The maximum atomic E-state index is 12.7. The van der Waals surface area contributed by atoms with Crippen LogP contribution in [0.4, 0.5) is 17.5 Å². The third-order valence-electron chi connectivity index (χ3n) is 6.09. The summed E-state index contributed by atoms with van der Waals surface area (Å²) in [6.07, 6.45) is 3.69. The van der Waals surface area contributed by atoms with Gasteiger partial charge in [-0.2, -0.15) is 4.98 Å². The van der Waals surface area contributed by atoms with Crippen LogP contribution in [0.25, 0.3) is 10.9 Å². The van der Waals surface area contributed by atoms with E-state index in [-0.39, 0.29) is 29.9 Å². The van der Waals surface area contributed by atoms with Crippen LogP contribution in [0, 0.1) is 0 Å². The van der Waals surface area contributed by atoms with Crippen LogP contribution in [-0.4, -0.2) is 72.3 Å². The molecule has 3 aromatic rings. The van der Waals surface area contributed by atoms with Crippen LogP contribution in [0.3, 0.4) is 0 Å². The molecule has 0 bridgehead atoms. The van der Waals surface area contributed by atoms with Gasteiger partial charge in [-0.25, -0.2) is 4.98 Å². The molecule has 0 radical (unpaired) electrons. The van der Waals surface area contributed by atoms with Crippen molar-refractivity contribution in [3.63, 3.8) is 0 Å². The van der Waals surface area contributed by atoms with E-state index in [1.807, 2.05) is 18.2 Å². The number of carbonyl (C=O) groups is 1. The Kier molecular flexibility index (Phi) is 7.42. The number of nitrogens with zero attached hydrogens (tertiary/aromatic N) is 5. The average molecular weight is 501 g/mol. The fourth-order valence-corrected chi connectivity index (χ4v) is 4.07. The average Bonchev–Trinajstić information content (AvgIpc) is 2.86. The third kappa shape index (κ3) is 5.49. The Morgan fingerprint density at radius 2 is 2.00 bits per heavy atom. The van der Waals surface area contributed by atoms with Crippen LogP contribution < -0.4 is 20.5 Å². The number of hydrogen-bond acceptors (Lipinski definition) is 8. The predicted octanol–water partition coefficient (Wildman–Crippen LogP) is 2.81. The van der Waals surface area contributed by atoms with E-state index in [0.717, 1.165) is 42.5 Å². The first-order valence-corrected chi connectivity index (χ1v) is 11.7. The van der Waals surface area contributed by atoms with Crippen molar-refractivity contribution >= 4 is 45.9 Å². The zero-order valence-corrected chi connectivity index (χ0v) is 21.0. The van der Waals surface area contributed by atoms with Crippen molar-refractivity contribution in [2.75, 3.05) is 51.1 Å². The number of ether oxygens (including phenoxy) is 2. The van der Waals surface area contributed by atoms with Gasteiger partial charge in [0.2, 0.25) is 5.95 Å². The van der Waals surface area contributed by atoms with Gasteiger partial charge in [-0.15, -0.1) is 0 Å². The number of benzene rings is 1. The Morgan fingerprint density at radius 1 is 1.26 bits per heavy atom. The first kappa shape index (κ1) is 24.7. The molecule has 0 unspecified atom stereocenters. The van der Waals surface area contributed by atoms with Gasteiger partial charge in [0.1, 0.15) is 5.02 Å². The van der Waals surface area contributed by atoms with Crippen molar-refractivity contribution < 1.29 is 14.3 Å². The van der Waals surface area contributed by atoms with Gasteiger partial charge in [-0.1, -0.05) is 11.6 Å². The quantitative estimate of drug-likeness (QED) is 0.528. The highest BCUT2D eigenvalue weighted by atomic mass is 35.5. The van der Waals surface area contributed by atoms with Gasteiger partial charge < -0.3 is 29.2 Å². The van der Waals surface area contributed by atoms with Crippen molar-refractivity contribution in [3.8, 4) is 5.75 Å². The van der Waals surface area contributed by atoms with Crippen molar-refractivity contribution in [2.45, 2.75) is 18.9 Å². The second-order valence-corrected chi connectivity index (χ2v) is 9.04. The van der Waals surface area contributed by atoms with Gasteiger partial charge >= 0.3 is 0 Å². The van der Waals surface area contributed by atoms with E-state index >= 15 is 0 Å². The molecule has 35 heavy (non-hydrogen) atoms. The minimum absolute atomic E-state index is 0.106. The molecule has 1 aliphatic heterocycles. The lowest BCUT2D eigenvalue weighted by atomic mass is 10.1. The van der Waals surface area contributed by atoms with Crippen molar-refractivity contribution in [1.82, 2.24) is 19.4 Å². The number of piperidine rings is 1. The predicted molar refractivity (Wildman–Crippen MR) is 136 cm³/mol. The minimum atomic E-state index is -0.314. The fraction of sp³-hybridized carbons (Fsp3) is 0.417. The van der Waals surface area contributed by atoms with Gasteiger partial charge in [-0.3, -0.25) is 9.59 Å². The second kappa shape index (κ2) is 10.5. The molecule has 186 valence electrons. The Bertz CT molecular complexity index is 1290. The number of halogens is 1. The maximum Gasteiger partial charge on any atom is 0.293 e. The van der Waals surface area contributed by atoms with Crippen LogP contribution in [-0.2, 0) is 16.6 Å². The number of rotatable bonds is 7. The molecule has 1 N–H and O–H groups in total. The van der Waals surface area contributed by atoms with E-state index in [4.69, 9.17) is 21.1 Å². The van der Waals surface area contributed by atoms with Gasteiger partial charge in [0.05, 0.1) is 17.8 Å². The summed E-state index contributed by atoms with van der Waals surface area (Å²) in [5.41, 5.74) is 1.14. The molecule has 11 heteroatoms. The molecule has 0 aliphatic carbocycles. The molecule has 1 fully saturated rings. The summed E-state index contributed by atoms with van der Waals surface area (Å²) in [5.74, 6) is 0.969. The van der Waals surface area contributed by atoms with Crippen molar-refractivity contribution in [3.05, 3.63) is 45.8 Å². The number of methoxy groups -OCH3 is 1. The maximum absolute atomic E-state index is 12.7.